The summed E-state index contributed by atoms with van der Waals surface area (Å²) in [5.74, 6) is -0.710. The maximum atomic E-state index is 12.2. The van der Waals surface area contributed by atoms with E-state index in [1.807, 2.05) is 18.2 Å². The number of amides is 1. The van der Waals surface area contributed by atoms with Crippen molar-refractivity contribution in [2.75, 3.05) is 5.32 Å². The van der Waals surface area contributed by atoms with Crippen molar-refractivity contribution in [1.82, 2.24) is 0 Å². The topological polar surface area (TPSA) is 66.4 Å². The molecule has 0 unspecified atom stereocenters. The number of fused-ring (bicyclic) bond motifs is 1. The van der Waals surface area contributed by atoms with Gasteiger partial charge in [0.25, 0.3) is 0 Å². The SMILES string of the molecule is O=C(O)c1cc2cc(NC(=O)C3CCCCC3)ccc2s1. The number of rotatable bonds is 3. The molecule has 1 heterocycles. The van der Waals surface area contributed by atoms with Crippen LogP contribution in [-0.4, -0.2) is 17.0 Å². The molecule has 0 atom stereocenters. The van der Waals surface area contributed by atoms with Crippen LogP contribution in [0, 0.1) is 5.92 Å². The number of hydrogen-bond donors (Lipinski definition) is 2. The number of anilines is 1. The summed E-state index contributed by atoms with van der Waals surface area (Å²) in [5, 5.41) is 12.8. The molecule has 4 nitrogen and oxygen atoms in total. The standard InChI is InChI=1S/C16H17NO3S/c18-15(10-4-2-1-3-5-10)17-12-6-7-13-11(8-12)9-14(21-13)16(19)20/h6-10H,1-5H2,(H,17,18)(H,19,20). The van der Waals surface area contributed by atoms with Crippen molar-refractivity contribution in [3.63, 3.8) is 0 Å². The zero-order valence-electron chi connectivity index (χ0n) is 11.6. The van der Waals surface area contributed by atoms with Crippen molar-refractivity contribution in [3.8, 4) is 0 Å². The normalized spacial score (nSPS) is 16.0. The van der Waals surface area contributed by atoms with E-state index in [1.54, 1.807) is 6.07 Å². The fourth-order valence-electron chi connectivity index (χ4n) is 2.84. The lowest BCUT2D eigenvalue weighted by atomic mass is 9.88. The molecule has 0 radical (unpaired) electrons. The highest BCUT2D eigenvalue weighted by Crippen LogP contribution is 2.29. The molecule has 110 valence electrons. The zero-order chi connectivity index (χ0) is 14.8. The first-order chi connectivity index (χ1) is 10.1. The van der Waals surface area contributed by atoms with Crippen molar-refractivity contribution in [2.24, 2.45) is 5.92 Å². The molecule has 1 saturated carbocycles. The molecule has 1 aromatic carbocycles. The number of carbonyl (C=O) groups is 2. The van der Waals surface area contributed by atoms with Crippen LogP contribution in [0.15, 0.2) is 24.3 Å². The average Bonchev–Trinajstić information content (AvgIpc) is 2.91. The van der Waals surface area contributed by atoms with Crippen LogP contribution >= 0.6 is 11.3 Å². The van der Waals surface area contributed by atoms with Crippen LogP contribution in [0.2, 0.25) is 0 Å². The number of carboxylic acid groups (broad SMARTS) is 1. The van der Waals surface area contributed by atoms with E-state index in [4.69, 9.17) is 5.11 Å². The Kier molecular flexibility index (Phi) is 3.92. The number of thiophene rings is 1. The second-order valence-corrected chi connectivity index (χ2v) is 6.58. The number of nitrogens with one attached hydrogen (secondary N) is 1. The number of carboxylic acids is 1. The second kappa shape index (κ2) is 5.85. The van der Waals surface area contributed by atoms with Crippen LogP contribution in [0.5, 0.6) is 0 Å². The molecule has 0 aliphatic heterocycles. The van der Waals surface area contributed by atoms with Crippen molar-refractivity contribution >= 4 is 39.0 Å². The van der Waals surface area contributed by atoms with E-state index in [1.165, 1.54) is 17.8 Å². The molecule has 3 rings (SSSR count). The fraction of sp³-hybridized carbons (Fsp3) is 0.375. The molecule has 21 heavy (non-hydrogen) atoms. The van der Waals surface area contributed by atoms with Gasteiger partial charge >= 0.3 is 5.97 Å². The number of hydrogen-bond acceptors (Lipinski definition) is 3. The van der Waals surface area contributed by atoms with Crippen LogP contribution < -0.4 is 5.32 Å². The molecule has 1 aliphatic rings. The molecule has 2 N–H and O–H groups in total. The minimum absolute atomic E-state index is 0.0859. The lowest BCUT2D eigenvalue weighted by molar-refractivity contribution is -0.120. The van der Waals surface area contributed by atoms with E-state index in [0.717, 1.165) is 41.5 Å². The minimum atomic E-state index is -0.913. The van der Waals surface area contributed by atoms with Gasteiger partial charge in [-0.1, -0.05) is 19.3 Å². The van der Waals surface area contributed by atoms with E-state index in [9.17, 15) is 9.59 Å². The lowest BCUT2D eigenvalue weighted by Crippen LogP contribution is -2.24. The Morgan fingerprint density at radius 1 is 1.14 bits per heavy atom. The Labute approximate surface area is 126 Å². The Balaban J connectivity index is 1.77. The summed E-state index contributed by atoms with van der Waals surface area (Å²) < 4.78 is 0.920. The van der Waals surface area contributed by atoms with E-state index >= 15 is 0 Å². The Morgan fingerprint density at radius 3 is 2.62 bits per heavy atom. The van der Waals surface area contributed by atoms with Gasteiger partial charge in [0.15, 0.2) is 0 Å². The van der Waals surface area contributed by atoms with Gasteiger partial charge < -0.3 is 10.4 Å². The van der Waals surface area contributed by atoms with Gasteiger partial charge in [-0.3, -0.25) is 4.79 Å². The molecule has 0 spiro atoms. The first kappa shape index (κ1) is 14.1. The summed E-state index contributed by atoms with van der Waals surface area (Å²) in [7, 11) is 0. The number of benzene rings is 1. The summed E-state index contributed by atoms with van der Waals surface area (Å²) in [6.45, 7) is 0. The van der Waals surface area contributed by atoms with E-state index < -0.39 is 5.97 Å². The van der Waals surface area contributed by atoms with E-state index in [0.29, 0.717) is 4.88 Å². The zero-order valence-corrected chi connectivity index (χ0v) is 12.4. The maximum absolute atomic E-state index is 12.2. The van der Waals surface area contributed by atoms with Gasteiger partial charge in [0.2, 0.25) is 5.91 Å². The molecule has 1 aliphatic carbocycles. The molecule has 0 bridgehead atoms. The third kappa shape index (κ3) is 3.08. The molecule has 0 saturated heterocycles. The summed E-state index contributed by atoms with van der Waals surface area (Å²) in [6.07, 6.45) is 5.42. The van der Waals surface area contributed by atoms with E-state index in [-0.39, 0.29) is 11.8 Å². The summed E-state index contributed by atoms with van der Waals surface area (Å²) in [6, 6.07) is 7.20. The lowest BCUT2D eigenvalue weighted by Gasteiger charge is -2.20. The fourth-order valence-corrected chi connectivity index (χ4v) is 3.72. The third-order valence-corrected chi connectivity index (χ3v) is 5.07. The molecular formula is C16H17NO3S. The predicted octanol–water partition coefficient (Wildman–Crippen LogP) is 4.12. The Hall–Kier alpha value is -1.88. The molecule has 1 fully saturated rings. The van der Waals surface area contributed by atoms with Crippen LogP contribution in [0.4, 0.5) is 5.69 Å². The van der Waals surface area contributed by atoms with Crippen molar-refractivity contribution in [1.29, 1.82) is 0 Å². The van der Waals surface area contributed by atoms with Gasteiger partial charge in [-0.05, 0) is 42.5 Å². The largest absolute Gasteiger partial charge is 0.477 e. The highest BCUT2D eigenvalue weighted by Gasteiger charge is 2.21. The highest BCUT2D eigenvalue weighted by atomic mass is 32.1. The molecule has 5 heteroatoms. The number of carbonyl (C=O) groups excluding carboxylic acids is 1. The molecule has 1 aromatic heterocycles. The third-order valence-electron chi connectivity index (χ3n) is 3.97. The predicted molar refractivity (Wildman–Crippen MR) is 84.0 cm³/mol. The molecular weight excluding hydrogens is 286 g/mol. The minimum Gasteiger partial charge on any atom is -0.477 e. The van der Waals surface area contributed by atoms with Crippen molar-refractivity contribution in [2.45, 2.75) is 32.1 Å². The van der Waals surface area contributed by atoms with Gasteiger partial charge in [0.1, 0.15) is 4.88 Å². The molecule has 2 aromatic rings. The summed E-state index contributed by atoms with van der Waals surface area (Å²) in [4.78, 5) is 23.5. The highest BCUT2D eigenvalue weighted by molar-refractivity contribution is 7.20. The van der Waals surface area contributed by atoms with Crippen LogP contribution in [-0.2, 0) is 4.79 Å². The van der Waals surface area contributed by atoms with Gasteiger partial charge in [-0.15, -0.1) is 11.3 Å². The number of aromatic carboxylic acids is 1. The molecule has 1 amide bonds. The first-order valence-electron chi connectivity index (χ1n) is 7.21. The Morgan fingerprint density at radius 2 is 1.90 bits per heavy atom. The van der Waals surface area contributed by atoms with Gasteiger partial charge in [0, 0.05) is 16.3 Å². The summed E-state index contributed by atoms with van der Waals surface area (Å²) >= 11 is 1.25. The van der Waals surface area contributed by atoms with Crippen LogP contribution in [0.3, 0.4) is 0 Å². The van der Waals surface area contributed by atoms with E-state index in [2.05, 4.69) is 5.32 Å². The first-order valence-corrected chi connectivity index (χ1v) is 8.03. The van der Waals surface area contributed by atoms with Gasteiger partial charge in [0.05, 0.1) is 0 Å². The van der Waals surface area contributed by atoms with Gasteiger partial charge in [-0.2, -0.15) is 0 Å². The Bertz CT molecular complexity index is 686. The smallest absolute Gasteiger partial charge is 0.345 e. The maximum Gasteiger partial charge on any atom is 0.345 e. The monoisotopic (exact) mass is 303 g/mol. The quantitative estimate of drug-likeness (QED) is 0.896. The van der Waals surface area contributed by atoms with Crippen molar-refractivity contribution < 1.29 is 14.7 Å². The summed E-state index contributed by atoms with van der Waals surface area (Å²) in [5.41, 5.74) is 0.743. The second-order valence-electron chi connectivity index (χ2n) is 5.49. The van der Waals surface area contributed by atoms with Crippen molar-refractivity contribution in [3.05, 3.63) is 29.1 Å². The average molecular weight is 303 g/mol. The van der Waals surface area contributed by atoms with Crippen LogP contribution in [0.25, 0.3) is 10.1 Å². The van der Waals surface area contributed by atoms with Gasteiger partial charge in [-0.25, -0.2) is 4.79 Å². The van der Waals surface area contributed by atoms with Crippen LogP contribution in [0.1, 0.15) is 41.8 Å².